The molecule has 108 valence electrons. The van der Waals surface area contributed by atoms with Crippen molar-refractivity contribution in [2.24, 2.45) is 11.3 Å². The number of nitrogens with zero attached hydrogens (tertiary/aromatic N) is 2. The third-order valence-corrected chi connectivity index (χ3v) is 4.40. The second-order valence-electron chi connectivity index (χ2n) is 7.28. The van der Waals surface area contributed by atoms with Crippen LogP contribution in [0.4, 0.5) is 0 Å². The maximum absolute atomic E-state index is 4.14. The molecule has 0 spiro atoms. The molecule has 1 aliphatic rings. The molecular weight excluding hydrogens is 234 g/mol. The second-order valence-corrected chi connectivity index (χ2v) is 7.28. The summed E-state index contributed by atoms with van der Waals surface area (Å²) in [5, 5.41) is 3.85. The molecule has 0 radical (unpaired) electrons. The van der Waals surface area contributed by atoms with Crippen LogP contribution in [0.1, 0.15) is 53.4 Å². The predicted molar refractivity (Wildman–Crippen MR) is 80.0 cm³/mol. The fourth-order valence-electron chi connectivity index (χ4n) is 2.82. The molecule has 2 rings (SSSR count). The van der Waals surface area contributed by atoms with E-state index in [1.807, 2.05) is 12.5 Å². The van der Waals surface area contributed by atoms with Gasteiger partial charge in [-0.15, -0.1) is 0 Å². The van der Waals surface area contributed by atoms with Crippen LogP contribution < -0.4 is 5.32 Å². The highest BCUT2D eigenvalue weighted by Crippen LogP contribution is 2.31. The van der Waals surface area contributed by atoms with E-state index in [4.69, 9.17) is 0 Å². The first-order chi connectivity index (χ1) is 8.95. The van der Waals surface area contributed by atoms with Gasteiger partial charge in [0.25, 0.3) is 0 Å². The smallest absolute Gasteiger partial charge is 0.0946 e. The SMILES string of the molecule is CC(CC1CCC1)NC(Cn1ccnc1)C(C)(C)C. The Hall–Kier alpha value is -0.830. The summed E-state index contributed by atoms with van der Waals surface area (Å²) < 4.78 is 2.18. The Labute approximate surface area is 117 Å². The summed E-state index contributed by atoms with van der Waals surface area (Å²) in [5.74, 6) is 0.969. The van der Waals surface area contributed by atoms with Crippen LogP contribution in [0.15, 0.2) is 18.7 Å². The Bertz CT molecular complexity index is 360. The molecular formula is C16H29N3. The van der Waals surface area contributed by atoms with Gasteiger partial charge in [-0.1, -0.05) is 40.0 Å². The molecule has 1 saturated carbocycles. The summed E-state index contributed by atoms with van der Waals surface area (Å²) in [4.78, 5) is 4.14. The first-order valence-corrected chi connectivity index (χ1v) is 7.67. The van der Waals surface area contributed by atoms with Gasteiger partial charge in [-0.25, -0.2) is 4.98 Å². The van der Waals surface area contributed by atoms with Crippen molar-refractivity contribution in [3.05, 3.63) is 18.7 Å². The molecule has 0 saturated heterocycles. The summed E-state index contributed by atoms with van der Waals surface area (Å²) in [7, 11) is 0. The van der Waals surface area contributed by atoms with Crippen LogP contribution in [0.3, 0.4) is 0 Å². The minimum Gasteiger partial charge on any atom is -0.336 e. The molecule has 3 nitrogen and oxygen atoms in total. The molecule has 1 aliphatic carbocycles. The molecule has 1 aromatic rings. The van der Waals surface area contributed by atoms with E-state index in [9.17, 15) is 0 Å². The van der Waals surface area contributed by atoms with Crippen molar-refractivity contribution >= 4 is 0 Å². The highest BCUT2D eigenvalue weighted by atomic mass is 15.1. The first kappa shape index (κ1) is 14.6. The second kappa shape index (κ2) is 6.08. The Morgan fingerprint density at radius 1 is 1.37 bits per heavy atom. The average Bonchev–Trinajstić information content (AvgIpc) is 2.74. The third-order valence-electron chi connectivity index (χ3n) is 4.40. The van der Waals surface area contributed by atoms with Crippen molar-refractivity contribution in [3.8, 4) is 0 Å². The zero-order chi connectivity index (χ0) is 13.9. The summed E-state index contributed by atoms with van der Waals surface area (Å²) in [6.07, 6.45) is 11.5. The van der Waals surface area contributed by atoms with Gasteiger partial charge < -0.3 is 9.88 Å². The molecule has 1 aromatic heterocycles. The van der Waals surface area contributed by atoms with Gasteiger partial charge in [0.2, 0.25) is 0 Å². The number of aromatic nitrogens is 2. The summed E-state index contributed by atoms with van der Waals surface area (Å²) in [5.41, 5.74) is 0.262. The van der Waals surface area contributed by atoms with E-state index in [-0.39, 0.29) is 5.41 Å². The zero-order valence-electron chi connectivity index (χ0n) is 12.9. The van der Waals surface area contributed by atoms with E-state index in [2.05, 4.69) is 48.8 Å². The van der Waals surface area contributed by atoms with Crippen molar-refractivity contribution < 1.29 is 0 Å². The lowest BCUT2D eigenvalue weighted by Crippen LogP contribution is -2.48. The number of imidazole rings is 1. The van der Waals surface area contributed by atoms with E-state index < -0.39 is 0 Å². The molecule has 1 heterocycles. The van der Waals surface area contributed by atoms with Crippen LogP contribution in [0.2, 0.25) is 0 Å². The molecule has 0 bridgehead atoms. The van der Waals surface area contributed by atoms with Crippen LogP contribution in [-0.4, -0.2) is 21.6 Å². The van der Waals surface area contributed by atoms with Gasteiger partial charge >= 0.3 is 0 Å². The van der Waals surface area contributed by atoms with E-state index in [0.29, 0.717) is 12.1 Å². The van der Waals surface area contributed by atoms with Gasteiger partial charge in [-0.05, 0) is 24.7 Å². The van der Waals surface area contributed by atoms with Crippen molar-refractivity contribution in [2.75, 3.05) is 0 Å². The van der Waals surface area contributed by atoms with Crippen molar-refractivity contribution in [1.82, 2.24) is 14.9 Å². The normalized spacial score (nSPS) is 20.0. The number of rotatable bonds is 6. The number of hydrogen-bond acceptors (Lipinski definition) is 2. The van der Waals surface area contributed by atoms with Crippen molar-refractivity contribution in [3.63, 3.8) is 0 Å². The van der Waals surface area contributed by atoms with Crippen LogP contribution in [0, 0.1) is 11.3 Å². The number of nitrogens with one attached hydrogen (secondary N) is 1. The Morgan fingerprint density at radius 3 is 2.58 bits per heavy atom. The van der Waals surface area contributed by atoms with Crippen LogP contribution >= 0.6 is 0 Å². The van der Waals surface area contributed by atoms with Crippen molar-refractivity contribution in [1.29, 1.82) is 0 Å². The monoisotopic (exact) mass is 263 g/mol. The largest absolute Gasteiger partial charge is 0.336 e. The Balaban J connectivity index is 1.89. The van der Waals surface area contributed by atoms with Crippen LogP contribution in [-0.2, 0) is 6.54 Å². The van der Waals surface area contributed by atoms with Gasteiger partial charge in [-0.2, -0.15) is 0 Å². The van der Waals surface area contributed by atoms with E-state index in [1.165, 1.54) is 25.7 Å². The molecule has 0 aromatic carbocycles. The summed E-state index contributed by atoms with van der Waals surface area (Å²) >= 11 is 0. The van der Waals surface area contributed by atoms with Crippen LogP contribution in [0.25, 0.3) is 0 Å². The lowest BCUT2D eigenvalue weighted by atomic mass is 9.80. The predicted octanol–water partition coefficient (Wildman–Crippen LogP) is 3.47. The van der Waals surface area contributed by atoms with E-state index in [0.717, 1.165) is 12.5 Å². The maximum atomic E-state index is 4.14. The summed E-state index contributed by atoms with van der Waals surface area (Å²) in [6.45, 7) is 10.3. The topological polar surface area (TPSA) is 29.9 Å². The van der Waals surface area contributed by atoms with E-state index >= 15 is 0 Å². The summed E-state index contributed by atoms with van der Waals surface area (Å²) in [6, 6.07) is 1.09. The van der Waals surface area contributed by atoms with Gasteiger partial charge in [0.05, 0.1) is 6.33 Å². The molecule has 0 amide bonds. The molecule has 1 fully saturated rings. The highest BCUT2D eigenvalue weighted by Gasteiger charge is 2.27. The molecule has 2 atom stereocenters. The molecule has 1 N–H and O–H groups in total. The average molecular weight is 263 g/mol. The van der Waals surface area contributed by atoms with Crippen molar-refractivity contribution in [2.45, 2.75) is 72.0 Å². The quantitative estimate of drug-likeness (QED) is 0.851. The zero-order valence-corrected chi connectivity index (χ0v) is 12.9. The Morgan fingerprint density at radius 2 is 2.11 bits per heavy atom. The minimum absolute atomic E-state index is 0.262. The van der Waals surface area contributed by atoms with Gasteiger partial charge in [0.15, 0.2) is 0 Å². The van der Waals surface area contributed by atoms with Gasteiger partial charge in [-0.3, -0.25) is 0 Å². The molecule has 2 unspecified atom stereocenters. The minimum atomic E-state index is 0.262. The van der Waals surface area contributed by atoms with Crippen LogP contribution in [0.5, 0.6) is 0 Å². The fourth-order valence-corrected chi connectivity index (χ4v) is 2.82. The third kappa shape index (κ3) is 4.34. The molecule has 0 aliphatic heterocycles. The van der Waals surface area contributed by atoms with Gasteiger partial charge in [0.1, 0.15) is 0 Å². The standard InChI is InChI=1S/C16H29N3/c1-13(10-14-6-5-7-14)18-15(16(2,3)4)11-19-9-8-17-12-19/h8-9,12-15,18H,5-7,10-11H2,1-4H3. The number of hydrogen-bond donors (Lipinski definition) is 1. The maximum Gasteiger partial charge on any atom is 0.0946 e. The lowest BCUT2D eigenvalue weighted by molar-refractivity contribution is 0.196. The first-order valence-electron chi connectivity index (χ1n) is 7.67. The molecule has 19 heavy (non-hydrogen) atoms. The molecule has 3 heteroatoms. The highest BCUT2D eigenvalue weighted by molar-refractivity contribution is 4.87. The van der Waals surface area contributed by atoms with Gasteiger partial charge in [0, 0.05) is 31.0 Å². The Kier molecular flexibility index (Phi) is 4.67. The van der Waals surface area contributed by atoms with E-state index in [1.54, 1.807) is 0 Å². The fraction of sp³-hybridized carbons (Fsp3) is 0.812. The lowest BCUT2D eigenvalue weighted by Gasteiger charge is -2.36.